The lowest BCUT2D eigenvalue weighted by Gasteiger charge is -2.35. The zero-order chi connectivity index (χ0) is 17.4. The van der Waals surface area contributed by atoms with E-state index < -0.39 is 18.6 Å². The van der Waals surface area contributed by atoms with Crippen LogP contribution in [-0.4, -0.2) is 30.3 Å². The molecule has 0 aromatic heterocycles. The lowest BCUT2D eigenvalue weighted by atomic mass is 9.99. The van der Waals surface area contributed by atoms with Crippen molar-refractivity contribution in [3.05, 3.63) is 71.5 Å². The molecule has 0 radical (unpaired) electrons. The fourth-order valence-corrected chi connectivity index (χ4v) is 3.31. The SMILES string of the molecule is O=C1[C@@H](CO)O[CH-][N+]1=c1cc[c-](N2CCc3ccccc3C2)c(F)c1. The average Bonchev–Trinajstić information content (AvgIpc) is 3.02. The van der Waals surface area contributed by atoms with Gasteiger partial charge < -0.3 is 14.7 Å². The molecule has 4 rings (SSSR count). The first-order chi connectivity index (χ1) is 12.2. The molecule has 25 heavy (non-hydrogen) atoms. The highest BCUT2D eigenvalue weighted by Gasteiger charge is 2.29. The minimum absolute atomic E-state index is 0.384. The lowest BCUT2D eigenvalue weighted by Crippen LogP contribution is -2.35. The molecule has 1 fully saturated rings. The van der Waals surface area contributed by atoms with Crippen molar-refractivity contribution in [1.82, 2.24) is 4.58 Å². The number of ether oxygens (including phenoxy) is 1. The number of hydrogen-bond acceptors (Lipinski definition) is 4. The van der Waals surface area contributed by atoms with Crippen molar-refractivity contribution in [3.8, 4) is 0 Å². The number of rotatable bonds is 2. The molecule has 0 aliphatic carbocycles. The number of aliphatic hydroxyl groups excluding tert-OH is 1. The molecule has 6 heteroatoms. The number of carbonyl (C=O) groups is 1. The van der Waals surface area contributed by atoms with Crippen molar-refractivity contribution in [3.63, 3.8) is 0 Å². The summed E-state index contributed by atoms with van der Waals surface area (Å²) in [4.78, 5) is 14.1. The van der Waals surface area contributed by atoms with Gasteiger partial charge in [-0.3, -0.25) is 9.37 Å². The zero-order valence-electron chi connectivity index (χ0n) is 13.6. The van der Waals surface area contributed by atoms with E-state index in [0.717, 1.165) is 13.0 Å². The van der Waals surface area contributed by atoms with Crippen LogP contribution >= 0.6 is 0 Å². The molecule has 2 aromatic carbocycles. The first kappa shape index (κ1) is 15.9. The van der Waals surface area contributed by atoms with Crippen molar-refractivity contribution < 1.29 is 19.0 Å². The van der Waals surface area contributed by atoms with Gasteiger partial charge in [0.15, 0.2) is 12.8 Å². The Kier molecular flexibility index (Phi) is 4.07. The number of carbonyl (C=O) groups excluding carboxylic acids is 1. The van der Waals surface area contributed by atoms with Gasteiger partial charge in [-0.05, 0) is 23.2 Å². The Labute approximate surface area is 144 Å². The van der Waals surface area contributed by atoms with Crippen LogP contribution in [0.5, 0.6) is 0 Å². The Morgan fingerprint density at radius 1 is 1.36 bits per heavy atom. The maximum Gasteiger partial charge on any atom is 0.313 e. The standard InChI is InChI=1S/C19H18FN2O3/c20-16-9-15(22-12-25-18(11-23)19(22)24)5-6-17(16)21-8-7-13-3-1-2-4-14(13)10-21/h1-6,9,12,18,23H,7-8,10-11H2/q-1/t18-/m1/s1. The first-order valence-corrected chi connectivity index (χ1v) is 8.21. The van der Waals surface area contributed by atoms with Gasteiger partial charge in [0, 0.05) is 24.3 Å². The normalized spacial score (nSPS) is 21.9. The van der Waals surface area contributed by atoms with Crippen molar-refractivity contribution in [2.24, 2.45) is 0 Å². The monoisotopic (exact) mass is 341 g/mol. The number of anilines is 1. The zero-order valence-corrected chi connectivity index (χ0v) is 13.6. The molecule has 0 spiro atoms. The number of benzene rings is 2. The van der Waals surface area contributed by atoms with E-state index in [0.29, 0.717) is 17.6 Å². The van der Waals surface area contributed by atoms with Crippen molar-refractivity contribution >= 4 is 11.6 Å². The summed E-state index contributed by atoms with van der Waals surface area (Å²) in [5, 5.41) is 9.47. The molecule has 0 bridgehead atoms. The highest BCUT2D eigenvalue weighted by Crippen LogP contribution is 2.25. The number of aliphatic hydroxyl groups is 1. The maximum atomic E-state index is 14.7. The number of amides is 1. The van der Waals surface area contributed by atoms with Gasteiger partial charge in [0.1, 0.15) is 0 Å². The molecule has 2 aliphatic rings. The fourth-order valence-electron chi connectivity index (χ4n) is 3.31. The van der Waals surface area contributed by atoms with Crippen molar-refractivity contribution in [2.75, 3.05) is 18.1 Å². The third-order valence-corrected chi connectivity index (χ3v) is 4.69. The minimum Gasteiger partial charge on any atom is -0.417 e. The molecule has 2 aliphatic heterocycles. The maximum absolute atomic E-state index is 14.7. The molecule has 1 atom stereocenters. The molecule has 2 aromatic rings. The third kappa shape index (κ3) is 2.83. The van der Waals surface area contributed by atoms with Crippen molar-refractivity contribution in [2.45, 2.75) is 19.1 Å². The van der Waals surface area contributed by atoms with Crippen LogP contribution in [0.2, 0.25) is 0 Å². The highest BCUT2D eigenvalue weighted by molar-refractivity contribution is 5.84. The van der Waals surface area contributed by atoms with E-state index in [-0.39, 0.29) is 5.82 Å². The predicted molar refractivity (Wildman–Crippen MR) is 89.7 cm³/mol. The molecule has 130 valence electrons. The summed E-state index contributed by atoms with van der Waals surface area (Å²) < 4.78 is 21.0. The van der Waals surface area contributed by atoms with E-state index in [9.17, 15) is 9.18 Å². The second-order valence-electron chi connectivity index (χ2n) is 6.20. The summed E-state index contributed by atoms with van der Waals surface area (Å²) in [5.41, 5.74) is 3.03. The van der Waals surface area contributed by atoms with Gasteiger partial charge in [-0.1, -0.05) is 24.3 Å². The van der Waals surface area contributed by atoms with E-state index in [1.165, 1.54) is 28.5 Å². The summed E-state index contributed by atoms with van der Waals surface area (Å²) in [6.45, 7) is 2.23. The molecule has 1 saturated heterocycles. The van der Waals surface area contributed by atoms with Gasteiger partial charge in [-0.2, -0.15) is 12.1 Å². The molecule has 0 saturated carbocycles. The number of hydrogen-bond donors (Lipinski definition) is 1. The van der Waals surface area contributed by atoms with Crippen LogP contribution in [0.1, 0.15) is 11.1 Å². The number of halogens is 1. The van der Waals surface area contributed by atoms with Gasteiger partial charge in [0.05, 0.1) is 6.61 Å². The van der Waals surface area contributed by atoms with Crippen LogP contribution in [0.25, 0.3) is 0 Å². The second-order valence-corrected chi connectivity index (χ2v) is 6.20. The summed E-state index contributed by atoms with van der Waals surface area (Å²) in [6.07, 6.45) is -0.0387. The van der Waals surface area contributed by atoms with E-state index in [4.69, 9.17) is 9.84 Å². The lowest BCUT2D eigenvalue weighted by molar-refractivity contribution is -0.126. The van der Waals surface area contributed by atoms with Crippen LogP contribution in [0.3, 0.4) is 0 Å². The molecule has 0 unspecified atom stereocenters. The predicted octanol–water partition coefficient (Wildman–Crippen LogP) is 0.916. The van der Waals surface area contributed by atoms with E-state index in [2.05, 4.69) is 12.1 Å². The van der Waals surface area contributed by atoms with Crippen LogP contribution in [0, 0.1) is 12.5 Å². The molecular formula is C19H18FN2O3-. The average molecular weight is 341 g/mol. The Balaban J connectivity index is 1.65. The molecule has 1 amide bonds. The van der Waals surface area contributed by atoms with E-state index in [1.807, 2.05) is 17.0 Å². The van der Waals surface area contributed by atoms with Gasteiger partial charge in [0.2, 0.25) is 0 Å². The third-order valence-electron chi connectivity index (χ3n) is 4.69. The van der Waals surface area contributed by atoms with Crippen LogP contribution in [0.4, 0.5) is 10.1 Å². The van der Waals surface area contributed by atoms with Gasteiger partial charge in [-0.15, -0.1) is 6.07 Å². The smallest absolute Gasteiger partial charge is 0.313 e. The number of fused-ring (bicyclic) bond motifs is 1. The van der Waals surface area contributed by atoms with Crippen molar-refractivity contribution in [1.29, 1.82) is 0 Å². The topological polar surface area (TPSA) is 52.8 Å². The molecular weight excluding hydrogens is 323 g/mol. The van der Waals surface area contributed by atoms with Gasteiger partial charge in [-0.25, -0.2) is 4.39 Å². The quantitative estimate of drug-likeness (QED) is 0.652. The van der Waals surface area contributed by atoms with Gasteiger partial charge >= 0.3 is 5.91 Å². The molecule has 5 nitrogen and oxygen atoms in total. The Morgan fingerprint density at radius 2 is 2.16 bits per heavy atom. The van der Waals surface area contributed by atoms with Crippen LogP contribution in [0.15, 0.2) is 42.5 Å². The molecule has 2 heterocycles. The summed E-state index contributed by atoms with van der Waals surface area (Å²) in [5.74, 6) is -0.785. The minimum atomic E-state index is -0.915. The highest BCUT2D eigenvalue weighted by atomic mass is 19.1. The molecule has 1 N–H and O–H groups in total. The summed E-state index contributed by atoms with van der Waals surface area (Å²) in [6, 6.07) is 12.9. The Hall–Kier alpha value is -2.57. The van der Waals surface area contributed by atoms with E-state index >= 15 is 0 Å². The summed E-state index contributed by atoms with van der Waals surface area (Å²) in [7, 11) is 0. The number of nitrogens with zero attached hydrogens (tertiary/aromatic N) is 2. The first-order valence-electron chi connectivity index (χ1n) is 8.21. The van der Waals surface area contributed by atoms with Gasteiger partial charge in [0.25, 0.3) is 0 Å². The van der Waals surface area contributed by atoms with Crippen LogP contribution < -0.4 is 14.8 Å². The van der Waals surface area contributed by atoms with Crippen LogP contribution in [-0.2, 0) is 22.5 Å². The Morgan fingerprint density at radius 3 is 2.88 bits per heavy atom. The largest absolute Gasteiger partial charge is 0.417 e. The van der Waals surface area contributed by atoms with E-state index in [1.54, 1.807) is 12.1 Å². The second kappa shape index (κ2) is 6.38. The summed E-state index contributed by atoms with van der Waals surface area (Å²) >= 11 is 0. The fraction of sp³-hybridized carbons (Fsp3) is 0.263. The Bertz CT molecular complexity index is 890.